The van der Waals surface area contributed by atoms with E-state index in [2.05, 4.69) is 4.74 Å². The first-order chi connectivity index (χ1) is 10.2. The summed E-state index contributed by atoms with van der Waals surface area (Å²) in [4.78, 5) is 0. The lowest BCUT2D eigenvalue weighted by molar-refractivity contribution is -0.274. The molecule has 0 fully saturated rings. The highest BCUT2D eigenvalue weighted by atomic mass is 35.5. The van der Waals surface area contributed by atoms with Crippen molar-refractivity contribution in [3.05, 3.63) is 58.9 Å². The second-order valence-electron chi connectivity index (χ2n) is 4.78. The van der Waals surface area contributed by atoms with Crippen LogP contribution in [0.2, 0.25) is 0 Å². The van der Waals surface area contributed by atoms with Crippen molar-refractivity contribution in [1.82, 2.24) is 0 Å². The largest absolute Gasteiger partial charge is 0.573 e. The molecule has 0 heterocycles. The summed E-state index contributed by atoms with van der Waals surface area (Å²) in [6.07, 6.45) is -4.78. The van der Waals surface area contributed by atoms with Gasteiger partial charge in [-0.3, -0.25) is 0 Å². The normalized spacial score (nSPS) is 12.4. The summed E-state index contributed by atoms with van der Waals surface area (Å²) >= 11 is 0. The molecule has 1 atom stereocenters. The minimum atomic E-state index is -4.78. The number of aromatic hydroxyl groups is 1. The van der Waals surface area contributed by atoms with Crippen LogP contribution in [0.1, 0.15) is 22.7 Å². The molecule has 0 saturated heterocycles. The van der Waals surface area contributed by atoms with E-state index in [1.165, 1.54) is 18.2 Å². The van der Waals surface area contributed by atoms with E-state index in [0.717, 1.165) is 18.2 Å². The van der Waals surface area contributed by atoms with Gasteiger partial charge in [-0.05, 0) is 36.2 Å². The monoisotopic (exact) mass is 351 g/mol. The molecule has 2 aromatic carbocycles. The smallest absolute Gasteiger partial charge is 0.505 e. The lowest BCUT2D eigenvalue weighted by Gasteiger charge is -2.16. The molecule has 0 aliphatic carbocycles. The zero-order valence-electron chi connectivity index (χ0n) is 11.9. The van der Waals surface area contributed by atoms with Crippen molar-refractivity contribution in [2.45, 2.75) is 19.3 Å². The predicted octanol–water partition coefficient (Wildman–Crippen LogP) is 4.21. The Labute approximate surface area is 136 Å². The molecule has 3 N–H and O–H groups in total. The molecule has 0 radical (unpaired) electrons. The number of alkyl halides is 3. The SMILES string of the molecule is Cc1cc(F)c(O)c([C@@H](N)c2ccc(OC(F)(F)F)cc2)c1.Cl. The second-order valence-corrected chi connectivity index (χ2v) is 4.78. The van der Waals surface area contributed by atoms with Gasteiger partial charge in [0.25, 0.3) is 0 Å². The number of ether oxygens (including phenoxy) is 1. The van der Waals surface area contributed by atoms with Crippen LogP contribution < -0.4 is 10.5 Å². The number of nitrogens with two attached hydrogens (primary N) is 1. The van der Waals surface area contributed by atoms with E-state index >= 15 is 0 Å². The van der Waals surface area contributed by atoms with Gasteiger partial charge in [-0.15, -0.1) is 25.6 Å². The zero-order chi connectivity index (χ0) is 16.5. The molecule has 3 nitrogen and oxygen atoms in total. The minimum Gasteiger partial charge on any atom is -0.505 e. The summed E-state index contributed by atoms with van der Waals surface area (Å²) in [6, 6.07) is 6.65. The molecule has 0 amide bonds. The van der Waals surface area contributed by atoms with E-state index in [1.807, 2.05) is 0 Å². The fourth-order valence-electron chi connectivity index (χ4n) is 2.05. The lowest BCUT2D eigenvalue weighted by Crippen LogP contribution is -2.17. The number of phenolic OH excluding ortho intramolecular Hbond substituents is 1. The first kappa shape index (κ1) is 19.1. The van der Waals surface area contributed by atoms with Crippen LogP contribution in [0.5, 0.6) is 11.5 Å². The van der Waals surface area contributed by atoms with E-state index < -0.39 is 24.0 Å². The van der Waals surface area contributed by atoms with E-state index in [0.29, 0.717) is 11.1 Å². The average Bonchev–Trinajstić information content (AvgIpc) is 2.41. The van der Waals surface area contributed by atoms with Gasteiger partial charge in [0.2, 0.25) is 0 Å². The van der Waals surface area contributed by atoms with Crippen LogP contribution in [0.4, 0.5) is 17.6 Å². The Morgan fingerprint density at radius 1 is 1.13 bits per heavy atom. The molecule has 0 saturated carbocycles. The Bertz CT molecular complexity index is 674. The van der Waals surface area contributed by atoms with Gasteiger partial charge in [-0.1, -0.05) is 18.2 Å². The van der Waals surface area contributed by atoms with E-state index in [9.17, 15) is 22.7 Å². The molecule has 2 aromatic rings. The van der Waals surface area contributed by atoms with Gasteiger partial charge in [-0.25, -0.2) is 4.39 Å². The van der Waals surface area contributed by atoms with Crippen molar-refractivity contribution in [2.75, 3.05) is 0 Å². The summed E-state index contributed by atoms with van der Waals surface area (Å²) in [5.41, 5.74) is 7.08. The standard InChI is InChI=1S/C15H13F4NO2.ClH/c1-8-6-11(14(21)12(16)7-8)13(20)9-2-4-10(5-3-9)22-15(17,18)19;/h2-7,13,21H,20H2,1H3;1H/t13-;/m0./s1. The van der Waals surface area contributed by atoms with E-state index in [1.54, 1.807) is 6.92 Å². The van der Waals surface area contributed by atoms with Crippen LogP contribution in [0.15, 0.2) is 36.4 Å². The molecule has 23 heavy (non-hydrogen) atoms. The van der Waals surface area contributed by atoms with Gasteiger partial charge in [-0.2, -0.15) is 0 Å². The number of phenols is 1. The van der Waals surface area contributed by atoms with Crippen molar-refractivity contribution >= 4 is 12.4 Å². The zero-order valence-corrected chi connectivity index (χ0v) is 12.7. The molecule has 126 valence electrons. The maximum atomic E-state index is 13.5. The van der Waals surface area contributed by atoms with Gasteiger partial charge in [0, 0.05) is 5.56 Å². The maximum Gasteiger partial charge on any atom is 0.573 e. The van der Waals surface area contributed by atoms with E-state index in [4.69, 9.17) is 5.73 Å². The molecular weight excluding hydrogens is 338 g/mol. The van der Waals surface area contributed by atoms with Gasteiger partial charge >= 0.3 is 6.36 Å². The fourth-order valence-corrected chi connectivity index (χ4v) is 2.05. The first-order valence-electron chi connectivity index (χ1n) is 6.27. The number of aryl methyl sites for hydroxylation is 1. The average molecular weight is 352 g/mol. The van der Waals surface area contributed by atoms with Crippen LogP contribution in [0.3, 0.4) is 0 Å². The topological polar surface area (TPSA) is 55.5 Å². The van der Waals surface area contributed by atoms with Gasteiger partial charge in [0.15, 0.2) is 11.6 Å². The van der Waals surface area contributed by atoms with Crippen LogP contribution in [0.25, 0.3) is 0 Å². The molecule has 8 heteroatoms. The van der Waals surface area contributed by atoms with Crippen LogP contribution in [-0.4, -0.2) is 11.5 Å². The Hall–Kier alpha value is -1.99. The third-order valence-electron chi connectivity index (χ3n) is 3.05. The molecule has 0 aliphatic rings. The third-order valence-corrected chi connectivity index (χ3v) is 3.05. The summed E-state index contributed by atoms with van der Waals surface area (Å²) < 4.78 is 53.5. The maximum absolute atomic E-state index is 13.5. The number of hydrogen-bond acceptors (Lipinski definition) is 3. The number of benzene rings is 2. The Morgan fingerprint density at radius 2 is 1.70 bits per heavy atom. The Kier molecular flexibility index (Phi) is 5.85. The minimum absolute atomic E-state index is 0. The first-order valence-corrected chi connectivity index (χ1v) is 6.27. The number of rotatable bonds is 3. The molecule has 0 bridgehead atoms. The van der Waals surface area contributed by atoms with Crippen molar-refractivity contribution in [1.29, 1.82) is 0 Å². The highest BCUT2D eigenvalue weighted by Crippen LogP contribution is 2.32. The van der Waals surface area contributed by atoms with Crippen LogP contribution in [-0.2, 0) is 0 Å². The fraction of sp³-hybridized carbons (Fsp3) is 0.200. The molecule has 0 unspecified atom stereocenters. The number of hydrogen-bond donors (Lipinski definition) is 2. The van der Waals surface area contributed by atoms with Crippen molar-refractivity contribution in [3.8, 4) is 11.5 Å². The summed E-state index contributed by atoms with van der Waals surface area (Å²) in [5, 5.41) is 9.73. The van der Waals surface area contributed by atoms with Crippen LogP contribution >= 0.6 is 12.4 Å². The molecular formula is C15H14ClF4NO2. The highest BCUT2D eigenvalue weighted by Gasteiger charge is 2.31. The molecule has 2 rings (SSSR count). The molecule has 0 aromatic heterocycles. The third kappa shape index (κ3) is 4.74. The lowest BCUT2D eigenvalue weighted by atomic mass is 9.97. The summed E-state index contributed by atoms with van der Waals surface area (Å²) in [6.45, 7) is 1.64. The summed E-state index contributed by atoms with van der Waals surface area (Å²) in [7, 11) is 0. The van der Waals surface area contributed by atoms with Crippen molar-refractivity contribution < 1.29 is 27.4 Å². The van der Waals surface area contributed by atoms with Crippen molar-refractivity contribution in [3.63, 3.8) is 0 Å². The molecule has 0 aliphatic heterocycles. The summed E-state index contributed by atoms with van der Waals surface area (Å²) in [5.74, 6) is -1.76. The van der Waals surface area contributed by atoms with Gasteiger partial charge < -0.3 is 15.6 Å². The van der Waals surface area contributed by atoms with Crippen LogP contribution in [0, 0.1) is 12.7 Å². The highest BCUT2D eigenvalue weighted by molar-refractivity contribution is 5.85. The second kappa shape index (κ2) is 7.06. The van der Waals surface area contributed by atoms with E-state index in [-0.39, 0.29) is 23.7 Å². The van der Waals surface area contributed by atoms with Gasteiger partial charge in [0.05, 0.1) is 6.04 Å². The number of halogens is 5. The molecule has 0 spiro atoms. The quantitative estimate of drug-likeness (QED) is 0.814. The van der Waals surface area contributed by atoms with Crippen molar-refractivity contribution in [2.24, 2.45) is 5.73 Å². The predicted molar refractivity (Wildman–Crippen MR) is 79.2 cm³/mol. The Morgan fingerprint density at radius 3 is 2.22 bits per heavy atom. The Balaban J connectivity index is 0.00000264. The van der Waals surface area contributed by atoms with Gasteiger partial charge in [0.1, 0.15) is 5.75 Å².